The number of hydrogen-bond donors (Lipinski definition) is 1. The predicted molar refractivity (Wildman–Crippen MR) is 117 cm³/mol. The molecule has 4 amide bonds. The molecule has 2 aromatic carbocycles. The number of nitrogens with one attached hydrogen (secondary N) is 1. The van der Waals surface area contributed by atoms with Crippen molar-refractivity contribution in [3.63, 3.8) is 0 Å². The summed E-state index contributed by atoms with van der Waals surface area (Å²) < 4.78 is 10.5. The van der Waals surface area contributed by atoms with E-state index in [0.717, 1.165) is 4.90 Å². The minimum atomic E-state index is -0.842. The minimum Gasteiger partial charge on any atom is -0.481 e. The van der Waals surface area contributed by atoms with E-state index in [2.05, 4.69) is 10.1 Å². The van der Waals surface area contributed by atoms with Gasteiger partial charge in [0, 0.05) is 5.02 Å². The fourth-order valence-electron chi connectivity index (χ4n) is 2.57. The lowest BCUT2D eigenvalue weighted by molar-refractivity contribution is -0.143. The van der Waals surface area contributed by atoms with Crippen molar-refractivity contribution in [1.29, 1.82) is 0 Å². The highest BCUT2D eigenvalue weighted by atomic mass is 127. The van der Waals surface area contributed by atoms with E-state index in [4.69, 9.17) is 16.3 Å². The molecule has 1 fully saturated rings. The first-order valence-electron chi connectivity index (χ1n) is 8.46. The van der Waals surface area contributed by atoms with Crippen LogP contribution in [-0.4, -0.2) is 37.5 Å². The maximum Gasteiger partial charge on any atom is 0.343 e. The average molecular weight is 541 g/mol. The number of hydrogen-bond acceptors (Lipinski definition) is 6. The molecule has 2 aromatic rings. The van der Waals surface area contributed by atoms with E-state index in [1.807, 2.05) is 22.6 Å². The largest absolute Gasteiger partial charge is 0.481 e. The van der Waals surface area contributed by atoms with Gasteiger partial charge in [0.15, 0.2) is 6.61 Å². The highest BCUT2D eigenvalue weighted by molar-refractivity contribution is 14.1. The number of methoxy groups -OCH3 is 1. The number of rotatable bonds is 5. The fraction of sp³-hybridized carbons (Fsp3) is 0.100. The van der Waals surface area contributed by atoms with Crippen LogP contribution in [0.15, 0.2) is 48.0 Å². The topological polar surface area (TPSA) is 102 Å². The van der Waals surface area contributed by atoms with Crippen LogP contribution in [0.2, 0.25) is 5.02 Å². The van der Waals surface area contributed by atoms with Crippen LogP contribution in [0.5, 0.6) is 5.75 Å². The maximum atomic E-state index is 12.9. The molecule has 1 saturated heterocycles. The summed E-state index contributed by atoms with van der Waals surface area (Å²) >= 11 is 7.85. The lowest BCUT2D eigenvalue weighted by atomic mass is 10.1. The summed E-state index contributed by atoms with van der Waals surface area (Å²) in [5, 5.41) is 2.60. The summed E-state index contributed by atoms with van der Waals surface area (Å²) in [6, 6.07) is 10.1. The number of ether oxygens (including phenoxy) is 2. The smallest absolute Gasteiger partial charge is 0.343 e. The number of esters is 1. The van der Waals surface area contributed by atoms with Crippen molar-refractivity contribution in [3.8, 4) is 5.75 Å². The molecule has 0 spiro atoms. The van der Waals surface area contributed by atoms with Crippen LogP contribution >= 0.6 is 34.2 Å². The molecule has 0 saturated carbocycles. The van der Waals surface area contributed by atoms with Gasteiger partial charge in [0.05, 0.1) is 16.4 Å². The zero-order valence-corrected chi connectivity index (χ0v) is 18.4. The number of halogens is 2. The third-order valence-electron chi connectivity index (χ3n) is 4.03. The molecule has 154 valence electrons. The van der Waals surface area contributed by atoms with E-state index in [-0.39, 0.29) is 17.9 Å². The predicted octanol–water partition coefficient (Wildman–Crippen LogP) is 3.16. The quantitative estimate of drug-likeness (QED) is 0.271. The van der Waals surface area contributed by atoms with Crippen molar-refractivity contribution in [2.45, 2.75) is 0 Å². The molecule has 3 rings (SSSR count). The molecule has 1 aliphatic heterocycles. The molecule has 30 heavy (non-hydrogen) atoms. The van der Waals surface area contributed by atoms with E-state index in [1.54, 1.807) is 18.2 Å². The van der Waals surface area contributed by atoms with Crippen LogP contribution in [0.4, 0.5) is 10.5 Å². The van der Waals surface area contributed by atoms with Gasteiger partial charge < -0.3 is 9.47 Å². The Bertz CT molecular complexity index is 1070. The van der Waals surface area contributed by atoms with Crippen molar-refractivity contribution in [2.24, 2.45) is 0 Å². The van der Waals surface area contributed by atoms with E-state index in [9.17, 15) is 19.2 Å². The summed E-state index contributed by atoms with van der Waals surface area (Å²) in [6.45, 7) is -0.244. The van der Waals surface area contributed by atoms with Crippen LogP contribution < -0.4 is 15.0 Å². The second-order valence-electron chi connectivity index (χ2n) is 5.99. The molecule has 0 bridgehead atoms. The molecule has 0 radical (unpaired) electrons. The van der Waals surface area contributed by atoms with Crippen LogP contribution in [0.1, 0.15) is 5.56 Å². The SMILES string of the molecule is COC(=O)COc1ccc(/C=C2\C(=O)NC(=O)N(c3ccc(Cl)cc3)C2=O)cc1I. The number of carbonyl (C=O) groups is 4. The average Bonchev–Trinajstić information content (AvgIpc) is 2.71. The van der Waals surface area contributed by atoms with Crippen LogP contribution in [0.3, 0.4) is 0 Å². The van der Waals surface area contributed by atoms with Gasteiger partial charge in [-0.3, -0.25) is 14.9 Å². The van der Waals surface area contributed by atoms with E-state index in [0.29, 0.717) is 19.9 Å². The molecule has 0 unspecified atom stereocenters. The Hall–Kier alpha value is -2.92. The Morgan fingerprint density at radius 1 is 1.17 bits per heavy atom. The number of benzene rings is 2. The molecular formula is C20H14ClIN2O6. The molecule has 1 heterocycles. The first-order chi connectivity index (χ1) is 14.3. The Morgan fingerprint density at radius 3 is 2.50 bits per heavy atom. The molecule has 8 nitrogen and oxygen atoms in total. The number of carbonyl (C=O) groups excluding carboxylic acids is 4. The lowest BCUT2D eigenvalue weighted by Gasteiger charge is -2.26. The second-order valence-corrected chi connectivity index (χ2v) is 7.59. The standard InChI is InChI=1S/C20H14ClIN2O6/c1-29-17(25)10-30-16-7-2-11(9-15(16)22)8-14-18(26)23-20(28)24(19(14)27)13-5-3-12(21)4-6-13/h2-9H,10H2,1H3,(H,23,26,28)/b14-8+. The molecule has 0 aliphatic carbocycles. The fourth-order valence-corrected chi connectivity index (χ4v) is 3.39. The first kappa shape index (κ1) is 21.8. The Balaban J connectivity index is 1.88. The molecule has 1 N–H and O–H groups in total. The van der Waals surface area contributed by atoms with Gasteiger partial charge in [0.1, 0.15) is 11.3 Å². The first-order valence-corrected chi connectivity index (χ1v) is 9.92. The van der Waals surface area contributed by atoms with E-state index >= 15 is 0 Å². The highest BCUT2D eigenvalue weighted by Crippen LogP contribution is 2.26. The van der Waals surface area contributed by atoms with Crippen molar-refractivity contribution in [1.82, 2.24) is 5.32 Å². The number of anilines is 1. The third-order valence-corrected chi connectivity index (χ3v) is 5.12. The summed E-state index contributed by atoms with van der Waals surface area (Å²) in [6.07, 6.45) is 1.37. The normalized spacial score (nSPS) is 15.2. The summed E-state index contributed by atoms with van der Waals surface area (Å²) in [7, 11) is 1.26. The van der Waals surface area contributed by atoms with Gasteiger partial charge >= 0.3 is 12.0 Å². The Kier molecular flexibility index (Phi) is 6.73. The molecule has 1 aliphatic rings. The van der Waals surface area contributed by atoms with Gasteiger partial charge in [-0.2, -0.15) is 0 Å². The van der Waals surface area contributed by atoms with Gasteiger partial charge in [-0.05, 0) is 70.6 Å². The summed E-state index contributed by atoms with van der Waals surface area (Å²) in [5.41, 5.74) is 0.610. The monoisotopic (exact) mass is 540 g/mol. The summed E-state index contributed by atoms with van der Waals surface area (Å²) in [5.74, 6) is -1.63. The van der Waals surface area contributed by atoms with Crippen molar-refractivity contribution in [3.05, 3.63) is 62.2 Å². The molecule has 0 aromatic heterocycles. The second kappa shape index (κ2) is 9.26. The number of amides is 4. The number of nitrogens with zero attached hydrogens (tertiary/aromatic N) is 1. The van der Waals surface area contributed by atoms with Crippen LogP contribution in [-0.2, 0) is 19.1 Å². The number of imide groups is 2. The van der Waals surface area contributed by atoms with Crippen molar-refractivity contribution in [2.75, 3.05) is 18.6 Å². The Labute approximate surface area is 189 Å². The van der Waals surface area contributed by atoms with Gasteiger partial charge in [0.2, 0.25) is 0 Å². The van der Waals surface area contributed by atoms with Crippen molar-refractivity contribution >= 4 is 69.8 Å². The minimum absolute atomic E-state index is 0.205. The number of urea groups is 1. The maximum absolute atomic E-state index is 12.9. The van der Waals surface area contributed by atoms with Crippen LogP contribution in [0.25, 0.3) is 6.08 Å². The molecule has 10 heteroatoms. The summed E-state index contributed by atoms with van der Waals surface area (Å²) in [4.78, 5) is 49.4. The molecular weight excluding hydrogens is 527 g/mol. The van der Waals surface area contributed by atoms with Crippen LogP contribution in [0, 0.1) is 3.57 Å². The lowest BCUT2D eigenvalue weighted by Crippen LogP contribution is -2.54. The third kappa shape index (κ3) is 4.79. The zero-order valence-electron chi connectivity index (χ0n) is 15.5. The van der Waals surface area contributed by atoms with Gasteiger partial charge in [-0.15, -0.1) is 0 Å². The Morgan fingerprint density at radius 2 is 1.87 bits per heavy atom. The molecule has 0 atom stereocenters. The van der Waals surface area contributed by atoms with E-state index in [1.165, 1.54) is 37.5 Å². The van der Waals surface area contributed by atoms with E-state index < -0.39 is 23.8 Å². The van der Waals surface area contributed by atoms with Gasteiger partial charge in [-0.25, -0.2) is 14.5 Å². The van der Waals surface area contributed by atoms with Crippen molar-refractivity contribution < 1.29 is 28.7 Å². The van der Waals surface area contributed by atoms with Gasteiger partial charge in [-0.1, -0.05) is 17.7 Å². The van der Waals surface area contributed by atoms with Gasteiger partial charge in [0.25, 0.3) is 11.8 Å². The number of barbiturate groups is 1. The highest BCUT2D eigenvalue weighted by Gasteiger charge is 2.36. The zero-order chi connectivity index (χ0) is 21.8.